The fraction of sp³-hybridized carbons (Fsp3) is 0.850. The molecule has 6 rings (SSSR count). The Morgan fingerprint density at radius 2 is 2.11 bits per heavy atom. The molecule has 1 saturated heterocycles. The van der Waals surface area contributed by atoms with Gasteiger partial charge in [0, 0.05) is 25.7 Å². The Kier molecular flexibility index (Phi) is 4.27. The van der Waals surface area contributed by atoms with E-state index in [0.717, 1.165) is 51.9 Å². The molecule has 7 nitrogen and oxygen atoms in total. The van der Waals surface area contributed by atoms with Crippen LogP contribution in [0.4, 0.5) is 0 Å². The van der Waals surface area contributed by atoms with E-state index in [1.165, 1.54) is 19.3 Å². The third kappa shape index (κ3) is 3.09. The lowest BCUT2D eigenvalue weighted by Gasteiger charge is -2.62. The van der Waals surface area contributed by atoms with E-state index >= 15 is 0 Å². The van der Waals surface area contributed by atoms with E-state index in [4.69, 9.17) is 4.74 Å². The molecule has 5 atom stereocenters. The average Bonchev–Trinajstić information content (AvgIpc) is 3.30. The van der Waals surface area contributed by atoms with Crippen LogP contribution in [-0.4, -0.2) is 64.5 Å². The summed E-state index contributed by atoms with van der Waals surface area (Å²) < 4.78 is 7.29. The first-order chi connectivity index (χ1) is 13.1. The molecule has 0 aromatic carbocycles. The highest BCUT2D eigenvalue weighted by atomic mass is 16.5. The van der Waals surface area contributed by atoms with E-state index in [0.29, 0.717) is 11.8 Å². The number of ether oxygens (including phenoxy) is 1. The number of rotatable bonds is 6. The first kappa shape index (κ1) is 17.6. The number of nitrogens with zero attached hydrogens (tertiary/aromatic N) is 4. The second-order valence-corrected chi connectivity index (χ2v) is 9.57. The van der Waals surface area contributed by atoms with Crippen LogP contribution in [0.2, 0.25) is 0 Å². The highest BCUT2D eigenvalue weighted by Gasteiger charge is 2.59. The van der Waals surface area contributed by atoms with Crippen molar-refractivity contribution in [3.05, 3.63) is 12.7 Å². The van der Waals surface area contributed by atoms with Crippen molar-refractivity contribution in [2.45, 2.75) is 56.0 Å². The molecule has 1 amide bonds. The van der Waals surface area contributed by atoms with Gasteiger partial charge < -0.3 is 15.0 Å². The smallest absolute Gasteiger partial charge is 0.224 e. The third-order valence-electron chi connectivity index (χ3n) is 7.58. The maximum absolute atomic E-state index is 13.1. The molecular formula is C20H31N5O2. The van der Waals surface area contributed by atoms with Crippen LogP contribution in [0.25, 0.3) is 0 Å². The second kappa shape index (κ2) is 6.55. The number of carbonyl (C=O) groups excluding carboxylic acids is 1. The van der Waals surface area contributed by atoms with Gasteiger partial charge in [-0.05, 0) is 63.3 Å². The average molecular weight is 374 g/mol. The molecule has 1 aliphatic heterocycles. The van der Waals surface area contributed by atoms with Crippen LogP contribution in [0.5, 0.6) is 0 Å². The molecule has 1 N–H and O–H groups in total. The standard InChI is InChI=1S/C20H31N5O2/c1-27-5-4-24-3-2-17(11-24)18(26)23-19-7-15-6-16(8-19)10-20(9-15,12-19)25-14-21-13-22-25/h13-17H,2-12H2,1H3,(H,23,26)/t15-,16+,17-,19?,20?/m0/s1. The van der Waals surface area contributed by atoms with Crippen molar-refractivity contribution in [1.82, 2.24) is 25.0 Å². The Morgan fingerprint density at radius 3 is 2.81 bits per heavy atom. The van der Waals surface area contributed by atoms with Crippen molar-refractivity contribution in [2.24, 2.45) is 17.8 Å². The van der Waals surface area contributed by atoms with E-state index in [-0.39, 0.29) is 22.9 Å². The van der Waals surface area contributed by atoms with Gasteiger partial charge in [-0.2, -0.15) is 5.10 Å². The molecule has 0 spiro atoms. The third-order valence-corrected chi connectivity index (χ3v) is 7.58. The predicted octanol–water partition coefficient (Wildman–Crippen LogP) is 1.41. The van der Waals surface area contributed by atoms with E-state index in [1.54, 1.807) is 13.4 Å². The van der Waals surface area contributed by atoms with Gasteiger partial charge in [-0.3, -0.25) is 4.79 Å². The topological polar surface area (TPSA) is 72.3 Å². The zero-order chi connectivity index (χ0) is 18.5. The summed E-state index contributed by atoms with van der Waals surface area (Å²) in [7, 11) is 1.73. The van der Waals surface area contributed by atoms with Gasteiger partial charge in [0.25, 0.3) is 0 Å². The number of nitrogens with one attached hydrogen (secondary N) is 1. The van der Waals surface area contributed by atoms with Crippen LogP contribution < -0.4 is 5.32 Å². The zero-order valence-electron chi connectivity index (χ0n) is 16.3. The number of carbonyl (C=O) groups is 1. The number of amides is 1. The van der Waals surface area contributed by atoms with E-state index in [9.17, 15) is 4.79 Å². The van der Waals surface area contributed by atoms with Gasteiger partial charge in [-0.25, -0.2) is 9.67 Å². The Balaban J connectivity index is 1.30. The minimum absolute atomic E-state index is 0.0347. The predicted molar refractivity (Wildman–Crippen MR) is 100.0 cm³/mol. The van der Waals surface area contributed by atoms with Gasteiger partial charge >= 0.3 is 0 Å². The molecule has 4 bridgehead atoms. The molecule has 2 heterocycles. The Hall–Kier alpha value is -1.47. The number of aromatic nitrogens is 3. The van der Waals surface area contributed by atoms with Crippen molar-refractivity contribution in [3.63, 3.8) is 0 Å². The fourth-order valence-electron chi connectivity index (χ4n) is 6.92. The largest absolute Gasteiger partial charge is 0.383 e. The molecule has 27 heavy (non-hydrogen) atoms. The van der Waals surface area contributed by atoms with Gasteiger partial charge in [-0.1, -0.05) is 0 Å². The van der Waals surface area contributed by atoms with Gasteiger partial charge in [-0.15, -0.1) is 0 Å². The molecule has 5 aliphatic rings. The molecular weight excluding hydrogens is 342 g/mol. The maximum atomic E-state index is 13.1. The van der Waals surface area contributed by atoms with Crippen LogP contribution in [0, 0.1) is 17.8 Å². The van der Waals surface area contributed by atoms with Gasteiger partial charge in [0.05, 0.1) is 18.1 Å². The van der Waals surface area contributed by atoms with E-state index in [1.807, 2.05) is 6.33 Å². The van der Waals surface area contributed by atoms with Crippen LogP contribution in [0.3, 0.4) is 0 Å². The molecule has 4 saturated carbocycles. The normalized spacial score (nSPS) is 40.6. The van der Waals surface area contributed by atoms with Crippen molar-refractivity contribution in [2.75, 3.05) is 33.4 Å². The minimum atomic E-state index is -0.0347. The summed E-state index contributed by atoms with van der Waals surface area (Å²) in [6.45, 7) is 3.53. The molecule has 5 fully saturated rings. The van der Waals surface area contributed by atoms with Crippen LogP contribution in [-0.2, 0) is 15.1 Å². The summed E-state index contributed by atoms with van der Waals surface area (Å²) in [5, 5.41) is 8.08. The Bertz CT molecular complexity index is 677. The number of methoxy groups -OCH3 is 1. The minimum Gasteiger partial charge on any atom is -0.383 e. The van der Waals surface area contributed by atoms with Crippen LogP contribution in [0.1, 0.15) is 44.9 Å². The Labute approximate surface area is 160 Å². The number of hydrogen-bond donors (Lipinski definition) is 1. The van der Waals surface area contributed by atoms with Crippen LogP contribution >= 0.6 is 0 Å². The monoisotopic (exact) mass is 373 g/mol. The van der Waals surface area contributed by atoms with Crippen molar-refractivity contribution < 1.29 is 9.53 Å². The second-order valence-electron chi connectivity index (χ2n) is 9.57. The van der Waals surface area contributed by atoms with E-state index in [2.05, 4.69) is 25.0 Å². The fourth-order valence-corrected chi connectivity index (χ4v) is 6.92. The number of likely N-dealkylation sites (tertiary alicyclic amines) is 1. The highest BCUT2D eigenvalue weighted by Crippen LogP contribution is 2.60. The highest BCUT2D eigenvalue weighted by molar-refractivity contribution is 5.80. The van der Waals surface area contributed by atoms with Crippen LogP contribution in [0.15, 0.2) is 12.7 Å². The Morgan fingerprint density at radius 1 is 1.30 bits per heavy atom. The molecule has 1 aromatic rings. The molecule has 7 heteroatoms. The quantitative estimate of drug-likeness (QED) is 0.816. The van der Waals surface area contributed by atoms with E-state index < -0.39 is 0 Å². The maximum Gasteiger partial charge on any atom is 0.224 e. The SMILES string of the molecule is COCCN1CC[C@H](C(=O)NC23C[C@H]4C[C@@H](C2)CC(n2cncn2)(C4)C3)C1. The molecule has 1 aromatic heterocycles. The number of hydrogen-bond acceptors (Lipinski definition) is 5. The lowest BCUT2D eigenvalue weighted by Crippen LogP contribution is -2.66. The summed E-state index contributed by atoms with van der Waals surface area (Å²) in [4.78, 5) is 19.7. The van der Waals surface area contributed by atoms with Gasteiger partial charge in [0.1, 0.15) is 12.7 Å². The lowest BCUT2D eigenvalue weighted by molar-refractivity contribution is -0.134. The lowest BCUT2D eigenvalue weighted by atomic mass is 9.50. The molecule has 0 radical (unpaired) electrons. The summed E-state index contributed by atoms with van der Waals surface area (Å²) in [6.07, 6.45) is 11.5. The van der Waals surface area contributed by atoms with Gasteiger partial charge in [0.2, 0.25) is 5.91 Å². The summed E-state index contributed by atoms with van der Waals surface area (Å²) >= 11 is 0. The first-order valence-corrected chi connectivity index (χ1v) is 10.5. The first-order valence-electron chi connectivity index (χ1n) is 10.5. The molecule has 148 valence electrons. The summed E-state index contributed by atoms with van der Waals surface area (Å²) in [5.74, 6) is 1.80. The molecule has 2 unspecified atom stereocenters. The van der Waals surface area contributed by atoms with Crippen molar-refractivity contribution in [3.8, 4) is 0 Å². The zero-order valence-corrected chi connectivity index (χ0v) is 16.3. The van der Waals surface area contributed by atoms with Gasteiger partial charge in [0.15, 0.2) is 0 Å². The van der Waals surface area contributed by atoms with Crippen molar-refractivity contribution >= 4 is 5.91 Å². The van der Waals surface area contributed by atoms with Crippen molar-refractivity contribution in [1.29, 1.82) is 0 Å². The summed E-state index contributed by atoms with van der Waals surface area (Å²) in [5.41, 5.74) is 0.0289. The molecule has 4 aliphatic carbocycles. The summed E-state index contributed by atoms with van der Waals surface area (Å²) in [6, 6.07) is 0.